The number of hydrogen-bond donors (Lipinski definition) is 1. The Morgan fingerprint density at radius 2 is 1.64 bits per heavy atom. The van der Waals surface area contributed by atoms with Crippen molar-refractivity contribution in [2.75, 3.05) is 31.7 Å². The highest BCUT2D eigenvalue weighted by Crippen LogP contribution is 2.19. The van der Waals surface area contributed by atoms with Crippen molar-refractivity contribution < 1.29 is 19.0 Å². The molecule has 0 bridgehead atoms. The third-order valence-electron chi connectivity index (χ3n) is 3.36. The van der Waals surface area contributed by atoms with Gasteiger partial charge in [0.2, 0.25) is 0 Å². The van der Waals surface area contributed by atoms with E-state index in [0.717, 1.165) is 6.42 Å². The molecule has 5 heteroatoms. The molecule has 0 spiro atoms. The van der Waals surface area contributed by atoms with Crippen LogP contribution in [-0.4, -0.2) is 32.3 Å². The summed E-state index contributed by atoms with van der Waals surface area (Å²) in [5.74, 6) is 1.20. The topological polar surface area (TPSA) is 56.8 Å². The van der Waals surface area contributed by atoms with E-state index in [0.29, 0.717) is 49.2 Å². The Labute approximate surface area is 148 Å². The SMILES string of the molecule is CCCOc1cccc(C(=O)Nc2cccc(OCCOCC)c2)c1. The Morgan fingerprint density at radius 3 is 2.40 bits per heavy atom. The van der Waals surface area contributed by atoms with Gasteiger partial charge in [-0.3, -0.25) is 4.79 Å². The van der Waals surface area contributed by atoms with Crippen LogP contribution in [0.15, 0.2) is 48.5 Å². The fourth-order valence-corrected chi connectivity index (χ4v) is 2.18. The lowest BCUT2D eigenvalue weighted by molar-refractivity contribution is 0.102. The summed E-state index contributed by atoms with van der Waals surface area (Å²) in [6, 6.07) is 14.5. The molecule has 0 fully saturated rings. The lowest BCUT2D eigenvalue weighted by Gasteiger charge is -2.10. The molecule has 0 aliphatic heterocycles. The molecule has 25 heavy (non-hydrogen) atoms. The number of hydrogen-bond acceptors (Lipinski definition) is 4. The second kappa shape index (κ2) is 10.4. The van der Waals surface area contributed by atoms with Crippen LogP contribution >= 0.6 is 0 Å². The predicted molar refractivity (Wildman–Crippen MR) is 98.6 cm³/mol. The van der Waals surface area contributed by atoms with E-state index in [1.165, 1.54) is 0 Å². The second-order valence-electron chi connectivity index (χ2n) is 5.40. The van der Waals surface area contributed by atoms with Crippen LogP contribution in [-0.2, 0) is 4.74 Å². The summed E-state index contributed by atoms with van der Waals surface area (Å²) in [7, 11) is 0. The summed E-state index contributed by atoms with van der Waals surface area (Å²) in [6.45, 7) is 6.30. The van der Waals surface area contributed by atoms with Gasteiger partial charge in [0.25, 0.3) is 5.91 Å². The molecule has 5 nitrogen and oxygen atoms in total. The molecule has 0 saturated carbocycles. The van der Waals surface area contributed by atoms with E-state index in [1.807, 2.05) is 44.2 Å². The average Bonchev–Trinajstić information content (AvgIpc) is 2.64. The third-order valence-corrected chi connectivity index (χ3v) is 3.36. The smallest absolute Gasteiger partial charge is 0.255 e. The number of carbonyl (C=O) groups is 1. The number of nitrogens with one attached hydrogen (secondary N) is 1. The van der Waals surface area contributed by atoms with Gasteiger partial charge in [0, 0.05) is 23.9 Å². The minimum atomic E-state index is -0.187. The Balaban J connectivity index is 1.95. The first-order chi connectivity index (χ1) is 12.2. The summed E-state index contributed by atoms with van der Waals surface area (Å²) >= 11 is 0. The molecule has 0 aliphatic carbocycles. The van der Waals surface area contributed by atoms with Crippen LogP contribution in [0.3, 0.4) is 0 Å². The largest absolute Gasteiger partial charge is 0.494 e. The molecule has 2 aromatic rings. The number of ether oxygens (including phenoxy) is 3. The van der Waals surface area contributed by atoms with Crippen LogP contribution in [0.2, 0.25) is 0 Å². The molecule has 0 unspecified atom stereocenters. The summed E-state index contributed by atoms with van der Waals surface area (Å²) in [6.07, 6.45) is 0.923. The van der Waals surface area contributed by atoms with Crippen LogP contribution in [0, 0.1) is 0 Å². The molecule has 0 aliphatic rings. The lowest BCUT2D eigenvalue weighted by atomic mass is 10.2. The summed E-state index contributed by atoms with van der Waals surface area (Å²) in [4.78, 5) is 12.4. The van der Waals surface area contributed by atoms with Gasteiger partial charge in [-0.1, -0.05) is 19.1 Å². The highest BCUT2D eigenvalue weighted by atomic mass is 16.5. The molecule has 1 N–H and O–H groups in total. The molecule has 2 rings (SSSR count). The second-order valence-corrected chi connectivity index (χ2v) is 5.40. The van der Waals surface area contributed by atoms with Crippen LogP contribution in [0.1, 0.15) is 30.6 Å². The normalized spacial score (nSPS) is 10.3. The highest BCUT2D eigenvalue weighted by Gasteiger charge is 2.08. The van der Waals surface area contributed by atoms with Gasteiger partial charge in [-0.15, -0.1) is 0 Å². The van der Waals surface area contributed by atoms with Crippen LogP contribution in [0.5, 0.6) is 11.5 Å². The molecule has 1 amide bonds. The first-order valence-electron chi connectivity index (χ1n) is 8.57. The van der Waals surface area contributed by atoms with E-state index < -0.39 is 0 Å². The van der Waals surface area contributed by atoms with Gasteiger partial charge in [-0.2, -0.15) is 0 Å². The minimum Gasteiger partial charge on any atom is -0.494 e. The Morgan fingerprint density at radius 1 is 0.920 bits per heavy atom. The number of carbonyl (C=O) groups excluding carboxylic acids is 1. The predicted octanol–water partition coefficient (Wildman–Crippen LogP) is 4.14. The van der Waals surface area contributed by atoms with E-state index in [9.17, 15) is 4.79 Å². The molecule has 0 atom stereocenters. The molecule has 0 heterocycles. The van der Waals surface area contributed by atoms with E-state index in [4.69, 9.17) is 14.2 Å². The van der Waals surface area contributed by atoms with Gasteiger partial charge in [0.15, 0.2) is 0 Å². The van der Waals surface area contributed by atoms with E-state index >= 15 is 0 Å². The van der Waals surface area contributed by atoms with Gasteiger partial charge in [0.1, 0.15) is 18.1 Å². The number of anilines is 1. The van der Waals surface area contributed by atoms with E-state index in [1.54, 1.807) is 18.2 Å². The Bertz CT molecular complexity index is 672. The maximum atomic E-state index is 12.4. The fraction of sp³-hybridized carbons (Fsp3) is 0.350. The van der Waals surface area contributed by atoms with Gasteiger partial charge in [0.05, 0.1) is 13.2 Å². The monoisotopic (exact) mass is 343 g/mol. The first-order valence-corrected chi connectivity index (χ1v) is 8.57. The van der Waals surface area contributed by atoms with Crippen molar-refractivity contribution in [1.29, 1.82) is 0 Å². The van der Waals surface area contributed by atoms with Crippen molar-refractivity contribution >= 4 is 11.6 Å². The van der Waals surface area contributed by atoms with Crippen LogP contribution < -0.4 is 14.8 Å². The molecule has 0 saturated heterocycles. The zero-order valence-corrected chi connectivity index (χ0v) is 14.8. The van der Waals surface area contributed by atoms with E-state index in [2.05, 4.69) is 5.32 Å². The average molecular weight is 343 g/mol. The molecule has 0 aromatic heterocycles. The van der Waals surface area contributed by atoms with Gasteiger partial charge >= 0.3 is 0 Å². The third kappa shape index (κ3) is 6.47. The molecule has 2 aromatic carbocycles. The summed E-state index contributed by atoms with van der Waals surface area (Å²) < 4.78 is 16.4. The van der Waals surface area contributed by atoms with Crippen molar-refractivity contribution in [3.63, 3.8) is 0 Å². The van der Waals surface area contributed by atoms with Gasteiger partial charge in [-0.25, -0.2) is 0 Å². The lowest BCUT2D eigenvalue weighted by Crippen LogP contribution is -2.12. The number of amides is 1. The minimum absolute atomic E-state index is 0.187. The Kier molecular flexibility index (Phi) is 7.79. The standard InChI is InChI=1S/C20H25NO4/c1-3-11-24-18-9-5-7-16(14-18)20(22)21-17-8-6-10-19(15-17)25-13-12-23-4-2/h5-10,14-15H,3-4,11-13H2,1-2H3,(H,21,22). The maximum absolute atomic E-state index is 12.4. The molecule has 0 radical (unpaired) electrons. The first kappa shape index (κ1) is 18.8. The molecular formula is C20H25NO4. The maximum Gasteiger partial charge on any atom is 0.255 e. The van der Waals surface area contributed by atoms with Gasteiger partial charge < -0.3 is 19.5 Å². The highest BCUT2D eigenvalue weighted by molar-refractivity contribution is 6.04. The number of benzene rings is 2. The van der Waals surface area contributed by atoms with Crippen molar-refractivity contribution in [2.24, 2.45) is 0 Å². The van der Waals surface area contributed by atoms with Crippen LogP contribution in [0.25, 0.3) is 0 Å². The summed E-state index contributed by atoms with van der Waals surface area (Å²) in [5, 5.41) is 2.88. The quantitative estimate of drug-likeness (QED) is 0.659. The van der Waals surface area contributed by atoms with Crippen LogP contribution in [0.4, 0.5) is 5.69 Å². The van der Waals surface area contributed by atoms with E-state index in [-0.39, 0.29) is 5.91 Å². The Hall–Kier alpha value is -2.53. The van der Waals surface area contributed by atoms with Crippen molar-refractivity contribution in [3.8, 4) is 11.5 Å². The molecule has 134 valence electrons. The van der Waals surface area contributed by atoms with Crippen molar-refractivity contribution in [2.45, 2.75) is 20.3 Å². The van der Waals surface area contributed by atoms with Gasteiger partial charge in [-0.05, 0) is 43.7 Å². The summed E-state index contributed by atoms with van der Waals surface area (Å²) in [5.41, 5.74) is 1.23. The zero-order chi connectivity index (χ0) is 17.9. The van der Waals surface area contributed by atoms with Crippen molar-refractivity contribution in [1.82, 2.24) is 0 Å². The number of rotatable bonds is 10. The molecular weight excluding hydrogens is 318 g/mol. The fourth-order valence-electron chi connectivity index (χ4n) is 2.18. The zero-order valence-electron chi connectivity index (χ0n) is 14.8. The van der Waals surface area contributed by atoms with Crippen molar-refractivity contribution in [3.05, 3.63) is 54.1 Å².